The Hall–Kier alpha value is -2.20. The minimum atomic E-state index is -0.525. The Bertz CT molecular complexity index is 716. The third kappa shape index (κ3) is 3.02. The van der Waals surface area contributed by atoms with Crippen LogP contribution in [0.2, 0.25) is 5.02 Å². The highest BCUT2D eigenvalue weighted by atomic mass is 35.5. The maximum atomic E-state index is 11.5. The minimum absolute atomic E-state index is 0.339. The largest absolute Gasteiger partial charge is 0.493 e. The topological polar surface area (TPSA) is 64.4 Å². The average Bonchev–Trinajstić information content (AvgIpc) is 2.94. The van der Waals surface area contributed by atoms with Gasteiger partial charge in [-0.1, -0.05) is 29.8 Å². The third-order valence-electron chi connectivity index (χ3n) is 3.74. The summed E-state index contributed by atoms with van der Waals surface area (Å²) in [5.41, 5.74) is 8.89. The van der Waals surface area contributed by atoms with Crippen LogP contribution in [0.25, 0.3) is 0 Å². The minimum Gasteiger partial charge on any atom is -0.493 e. The molecule has 0 atom stereocenters. The van der Waals surface area contributed by atoms with E-state index in [-0.39, 0.29) is 0 Å². The van der Waals surface area contributed by atoms with Crippen LogP contribution in [0.5, 0.6) is 5.75 Å². The van der Waals surface area contributed by atoms with Crippen LogP contribution in [0.4, 0.5) is 5.69 Å². The fourth-order valence-electron chi connectivity index (χ4n) is 2.66. The van der Waals surface area contributed by atoms with Gasteiger partial charge in [-0.15, -0.1) is 0 Å². The number of ether oxygens (including phenoxy) is 1. The monoisotopic (exact) mass is 316 g/mol. The molecule has 0 saturated carbocycles. The van der Waals surface area contributed by atoms with Gasteiger partial charge in [-0.05, 0) is 35.7 Å². The van der Waals surface area contributed by atoms with E-state index in [1.165, 1.54) is 11.1 Å². The van der Waals surface area contributed by atoms with E-state index in [1.54, 1.807) is 12.1 Å². The summed E-state index contributed by atoms with van der Waals surface area (Å²) in [6, 6.07) is 11.5. The van der Waals surface area contributed by atoms with Crippen LogP contribution in [0.15, 0.2) is 36.4 Å². The summed E-state index contributed by atoms with van der Waals surface area (Å²) in [7, 11) is 0. The van der Waals surface area contributed by atoms with Gasteiger partial charge in [0.25, 0.3) is 5.91 Å². The van der Waals surface area contributed by atoms with Gasteiger partial charge in [-0.3, -0.25) is 4.79 Å². The molecule has 0 aromatic heterocycles. The van der Waals surface area contributed by atoms with Gasteiger partial charge in [-0.25, -0.2) is 0 Å². The van der Waals surface area contributed by atoms with Crippen LogP contribution in [0, 0.1) is 0 Å². The number of hydrogen-bond acceptors (Lipinski definition) is 3. The molecule has 5 heteroatoms. The van der Waals surface area contributed by atoms with Crippen LogP contribution in [-0.4, -0.2) is 19.1 Å². The maximum Gasteiger partial charge on any atom is 0.252 e. The molecule has 1 amide bonds. The van der Waals surface area contributed by atoms with Crippen LogP contribution in [-0.2, 0) is 12.8 Å². The fraction of sp³-hybridized carbons (Fsp3) is 0.235. The number of primary amides is 1. The van der Waals surface area contributed by atoms with E-state index in [2.05, 4.69) is 17.4 Å². The molecular formula is C17H17ClN2O2. The summed E-state index contributed by atoms with van der Waals surface area (Å²) >= 11 is 6.03. The molecule has 0 unspecified atom stereocenters. The van der Waals surface area contributed by atoms with Crippen molar-refractivity contribution in [3.8, 4) is 5.75 Å². The molecule has 1 heterocycles. The molecular weight excluding hydrogens is 300 g/mol. The first-order valence-electron chi connectivity index (χ1n) is 7.22. The Labute approximate surface area is 134 Å². The average molecular weight is 317 g/mol. The predicted octanol–water partition coefficient (Wildman–Crippen LogP) is 3.03. The van der Waals surface area contributed by atoms with Gasteiger partial charge in [-0.2, -0.15) is 0 Å². The van der Waals surface area contributed by atoms with Gasteiger partial charge in [0.2, 0.25) is 0 Å². The molecule has 4 nitrogen and oxygen atoms in total. The summed E-state index contributed by atoms with van der Waals surface area (Å²) in [6.07, 6.45) is 1.81. The highest BCUT2D eigenvalue weighted by Gasteiger charge is 2.13. The molecule has 0 aliphatic carbocycles. The number of anilines is 1. The second kappa shape index (κ2) is 6.28. The van der Waals surface area contributed by atoms with Crippen molar-refractivity contribution in [3.63, 3.8) is 0 Å². The zero-order valence-electron chi connectivity index (χ0n) is 12.1. The van der Waals surface area contributed by atoms with Crippen molar-refractivity contribution in [1.29, 1.82) is 0 Å². The summed E-state index contributed by atoms with van der Waals surface area (Å²) in [5.74, 6) is 0.463. The molecule has 0 bridgehead atoms. The van der Waals surface area contributed by atoms with Crippen molar-refractivity contribution in [3.05, 3.63) is 58.1 Å². The lowest BCUT2D eigenvalue weighted by molar-refractivity contribution is 0.100. The Morgan fingerprint density at radius 1 is 1.32 bits per heavy atom. The first kappa shape index (κ1) is 14.7. The van der Waals surface area contributed by atoms with E-state index >= 15 is 0 Å². The maximum absolute atomic E-state index is 11.5. The van der Waals surface area contributed by atoms with Gasteiger partial charge < -0.3 is 15.8 Å². The molecule has 1 aliphatic rings. The number of hydrogen-bond donors (Lipinski definition) is 2. The van der Waals surface area contributed by atoms with Crippen molar-refractivity contribution < 1.29 is 9.53 Å². The molecule has 3 N–H and O–H groups in total. The van der Waals surface area contributed by atoms with E-state index < -0.39 is 5.91 Å². The van der Waals surface area contributed by atoms with Gasteiger partial charge in [0.1, 0.15) is 5.75 Å². The number of carbonyl (C=O) groups is 1. The van der Waals surface area contributed by atoms with E-state index in [0.717, 1.165) is 25.2 Å². The van der Waals surface area contributed by atoms with Gasteiger partial charge >= 0.3 is 0 Å². The summed E-state index contributed by atoms with van der Waals surface area (Å²) in [4.78, 5) is 11.5. The number of benzene rings is 2. The lowest BCUT2D eigenvalue weighted by Gasteiger charge is -2.11. The quantitative estimate of drug-likeness (QED) is 0.891. The first-order chi connectivity index (χ1) is 10.6. The van der Waals surface area contributed by atoms with E-state index in [1.807, 2.05) is 12.1 Å². The van der Waals surface area contributed by atoms with Crippen molar-refractivity contribution >= 4 is 23.2 Å². The number of amides is 1. The summed E-state index contributed by atoms with van der Waals surface area (Å²) in [5, 5.41) is 3.60. The van der Waals surface area contributed by atoms with Gasteiger partial charge in [0, 0.05) is 18.7 Å². The number of nitrogens with one attached hydrogen (secondary N) is 1. The molecule has 0 fully saturated rings. The second-order valence-corrected chi connectivity index (χ2v) is 5.65. The molecule has 0 spiro atoms. The molecule has 0 saturated heterocycles. The summed E-state index contributed by atoms with van der Waals surface area (Å²) in [6.45, 7) is 1.46. The number of nitrogens with two attached hydrogens (primary N) is 1. The first-order valence-corrected chi connectivity index (χ1v) is 7.60. The van der Waals surface area contributed by atoms with E-state index in [0.29, 0.717) is 22.8 Å². The van der Waals surface area contributed by atoms with Crippen molar-refractivity contribution in [2.45, 2.75) is 12.8 Å². The van der Waals surface area contributed by atoms with Crippen molar-refractivity contribution in [1.82, 2.24) is 0 Å². The van der Waals surface area contributed by atoms with Crippen LogP contribution < -0.4 is 15.8 Å². The van der Waals surface area contributed by atoms with E-state index in [4.69, 9.17) is 22.1 Å². The Morgan fingerprint density at radius 2 is 2.18 bits per heavy atom. The molecule has 2 aromatic rings. The molecule has 3 rings (SSSR count). The van der Waals surface area contributed by atoms with E-state index in [9.17, 15) is 4.79 Å². The lowest BCUT2D eigenvalue weighted by Crippen LogP contribution is -2.16. The van der Waals surface area contributed by atoms with Crippen LogP contribution >= 0.6 is 11.6 Å². The Kier molecular flexibility index (Phi) is 4.20. The SMILES string of the molecule is NC(=O)c1c(Cl)cccc1NCCc1ccc2c(c1)CCO2. The molecule has 1 aliphatic heterocycles. The molecule has 22 heavy (non-hydrogen) atoms. The highest BCUT2D eigenvalue weighted by molar-refractivity contribution is 6.34. The second-order valence-electron chi connectivity index (χ2n) is 5.24. The molecule has 0 radical (unpaired) electrons. The molecule has 2 aromatic carbocycles. The standard InChI is InChI=1S/C17H17ClN2O2/c18-13-2-1-3-14(16(13)17(19)21)20-8-6-11-4-5-15-12(10-11)7-9-22-15/h1-5,10,20H,6-9H2,(H2,19,21). The molecule has 114 valence electrons. The van der Waals surface area contributed by atoms with Crippen molar-refractivity contribution in [2.24, 2.45) is 5.73 Å². The Balaban J connectivity index is 1.66. The van der Waals surface area contributed by atoms with Gasteiger partial charge in [0.15, 0.2) is 0 Å². The van der Waals surface area contributed by atoms with Crippen molar-refractivity contribution in [2.75, 3.05) is 18.5 Å². The zero-order chi connectivity index (χ0) is 15.5. The smallest absolute Gasteiger partial charge is 0.252 e. The number of carbonyl (C=O) groups excluding carboxylic acids is 1. The fourth-order valence-corrected chi connectivity index (χ4v) is 2.93. The number of fused-ring (bicyclic) bond motifs is 1. The number of halogens is 1. The van der Waals surface area contributed by atoms with Crippen LogP contribution in [0.1, 0.15) is 21.5 Å². The Morgan fingerprint density at radius 3 is 3.00 bits per heavy atom. The highest BCUT2D eigenvalue weighted by Crippen LogP contribution is 2.26. The number of rotatable bonds is 5. The normalized spacial score (nSPS) is 12.6. The third-order valence-corrected chi connectivity index (χ3v) is 4.06. The van der Waals surface area contributed by atoms with Crippen LogP contribution in [0.3, 0.4) is 0 Å². The summed E-state index contributed by atoms with van der Waals surface area (Å²) < 4.78 is 5.50. The zero-order valence-corrected chi connectivity index (χ0v) is 12.8. The van der Waals surface area contributed by atoms with Gasteiger partial charge in [0.05, 0.1) is 17.2 Å². The predicted molar refractivity (Wildman–Crippen MR) is 87.8 cm³/mol. The lowest BCUT2D eigenvalue weighted by atomic mass is 10.1.